The van der Waals surface area contributed by atoms with Crippen LogP contribution in [0.15, 0.2) is 30.3 Å². The van der Waals surface area contributed by atoms with Gasteiger partial charge < -0.3 is 0 Å². The van der Waals surface area contributed by atoms with Crippen LogP contribution in [-0.4, -0.2) is 0 Å². The molecule has 0 heteroatoms. The molecule has 0 saturated heterocycles. The molecule has 1 rings (SSSR count). The largest absolute Gasteiger partial charge is 0.0683 e. The van der Waals surface area contributed by atoms with Crippen molar-refractivity contribution in [3.05, 3.63) is 35.9 Å². The molecule has 0 heterocycles. The summed E-state index contributed by atoms with van der Waals surface area (Å²) in [5.41, 5.74) is 1.41. The molecule has 0 amide bonds. The van der Waals surface area contributed by atoms with E-state index in [1.807, 2.05) is 47.6 Å². The lowest BCUT2D eigenvalue weighted by Gasteiger charge is -1.89. The summed E-state index contributed by atoms with van der Waals surface area (Å²) >= 11 is 0. The molecule has 0 aliphatic heterocycles. The van der Waals surface area contributed by atoms with Gasteiger partial charge in [0, 0.05) is 0 Å². The molecule has 0 bridgehead atoms. The summed E-state index contributed by atoms with van der Waals surface area (Å²) in [7, 11) is 0. The standard InChI is InChI=1S/C8H10.C3H8.3C2H6/c1-2-8-6-4-3-5-7-8;1-3-2;3*1-2/h3-7H,2H2,1H3;3H2,1-2H3;3*1-2H3. The highest BCUT2D eigenvalue weighted by Gasteiger charge is 1.79. The number of hydrogen-bond donors (Lipinski definition) is 0. The predicted octanol–water partition coefficient (Wildman–Crippen LogP) is 6.74. The van der Waals surface area contributed by atoms with Gasteiger partial charge in [0.15, 0.2) is 0 Å². The number of benzene rings is 1. The monoisotopic (exact) mass is 240 g/mol. The van der Waals surface area contributed by atoms with Gasteiger partial charge in [0.1, 0.15) is 0 Å². The average Bonchev–Trinajstić information content (AvgIpc) is 2.47. The first-order chi connectivity index (χ1) is 8.35. The Morgan fingerprint density at radius 2 is 0.941 bits per heavy atom. The lowest BCUT2D eigenvalue weighted by molar-refractivity contribution is 1.09. The third-order valence-electron chi connectivity index (χ3n) is 1.25. The van der Waals surface area contributed by atoms with E-state index < -0.39 is 0 Å². The Kier molecular flexibility index (Phi) is 53.6. The fourth-order valence-electron chi connectivity index (χ4n) is 0.714. The molecule has 104 valence electrons. The zero-order chi connectivity index (χ0) is 14.5. The van der Waals surface area contributed by atoms with Gasteiger partial charge in [-0.05, 0) is 12.0 Å². The summed E-state index contributed by atoms with van der Waals surface area (Å²) in [5, 5.41) is 0. The second-order valence-corrected chi connectivity index (χ2v) is 2.55. The van der Waals surface area contributed by atoms with Crippen LogP contribution in [0, 0.1) is 0 Å². The topological polar surface area (TPSA) is 0 Å². The fraction of sp³-hybridized carbons (Fsp3) is 0.647. The van der Waals surface area contributed by atoms with Crippen molar-refractivity contribution in [3.8, 4) is 0 Å². The van der Waals surface area contributed by atoms with Gasteiger partial charge in [-0.25, -0.2) is 0 Å². The molecule has 0 aliphatic carbocycles. The third-order valence-corrected chi connectivity index (χ3v) is 1.25. The van der Waals surface area contributed by atoms with Gasteiger partial charge in [0.05, 0.1) is 0 Å². The summed E-state index contributed by atoms with van der Waals surface area (Å²) in [6.45, 7) is 18.4. The molecule has 0 nitrogen and oxygen atoms in total. The minimum atomic E-state index is 1.14. The first-order valence-electron chi connectivity index (χ1n) is 7.39. The summed E-state index contributed by atoms with van der Waals surface area (Å²) in [5.74, 6) is 0. The normalized spacial score (nSPS) is 6.41. The Hall–Kier alpha value is -0.780. The van der Waals surface area contributed by atoms with Gasteiger partial charge >= 0.3 is 0 Å². The molecular formula is C17H36. The Balaban J connectivity index is -0.0000000801. The SMILES string of the molecule is CC.CC.CC.CCC.CCc1ccccc1. The smallest absolute Gasteiger partial charge is 0.0307 e. The lowest BCUT2D eigenvalue weighted by Crippen LogP contribution is -1.73. The second kappa shape index (κ2) is 36.2. The van der Waals surface area contributed by atoms with Crippen LogP contribution >= 0.6 is 0 Å². The lowest BCUT2D eigenvalue weighted by atomic mass is 10.2. The van der Waals surface area contributed by atoms with E-state index in [2.05, 4.69) is 45.0 Å². The third kappa shape index (κ3) is 31.3. The van der Waals surface area contributed by atoms with Crippen LogP contribution < -0.4 is 0 Å². The minimum Gasteiger partial charge on any atom is -0.0683 e. The van der Waals surface area contributed by atoms with Crippen LogP contribution in [0.1, 0.15) is 74.3 Å². The van der Waals surface area contributed by atoms with E-state index in [0.29, 0.717) is 0 Å². The van der Waals surface area contributed by atoms with E-state index in [1.54, 1.807) is 0 Å². The van der Waals surface area contributed by atoms with Crippen LogP contribution in [0.5, 0.6) is 0 Å². The van der Waals surface area contributed by atoms with E-state index in [-0.39, 0.29) is 0 Å². The van der Waals surface area contributed by atoms with Crippen LogP contribution in [0.4, 0.5) is 0 Å². The predicted molar refractivity (Wildman–Crippen MR) is 85.8 cm³/mol. The second-order valence-electron chi connectivity index (χ2n) is 2.55. The fourth-order valence-corrected chi connectivity index (χ4v) is 0.714. The maximum atomic E-state index is 2.16. The van der Waals surface area contributed by atoms with Crippen LogP contribution in [-0.2, 0) is 6.42 Å². The number of hydrogen-bond acceptors (Lipinski definition) is 0. The maximum Gasteiger partial charge on any atom is -0.0307 e. The van der Waals surface area contributed by atoms with Crippen molar-refractivity contribution < 1.29 is 0 Å². The minimum absolute atomic E-state index is 1.14. The summed E-state index contributed by atoms with van der Waals surface area (Å²) in [6, 6.07) is 10.5. The van der Waals surface area contributed by atoms with Crippen molar-refractivity contribution in [2.24, 2.45) is 0 Å². The van der Waals surface area contributed by atoms with Gasteiger partial charge in [-0.15, -0.1) is 0 Å². The molecule has 17 heavy (non-hydrogen) atoms. The van der Waals surface area contributed by atoms with E-state index in [0.717, 1.165) is 6.42 Å². The first-order valence-corrected chi connectivity index (χ1v) is 7.39. The summed E-state index contributed by atoms with van der Waals surface area (Å²) in [4.78, 5) is 0. The van der Waals surface area contributed by atoms with E-state index in [9.17, 15) is 0 Å². The molecule has 0 atom stereocenters. The Bertz CT molecular complexity index is 153. The molecule has 0 saturated carbocycles. The highest BCUT2D eigenvalue weighted by atomic mass is 13.9. The summed E-state index contributed by atoms with van der Waals surface area (Å²) < 4.78 is 0. The van der Waals surface area contributed by atoms with Crippen LogP contribution in [0.3, 0.4) is 0 Å². The van der Waals surface area contributed by atoms with Crippen molar-refractivity contribution in [1.29, 1.82) is 0 Å². The molecule has 0 radical (unpaired) electrons. The Morgan fingerprint density at radius 3 is 1.12 bits per heavy atom. The quantitative estimate of drug-likeness (QED) is 0.509. The van der Waals surface area contributed by atoms with Gasteiger partial charge in [-0.3, -0.25) is 0 Å². The van der Waals surface area contributed by atoms with Gasteiger partial charge in [0.2, 0.25) is 0 Å². The highest BCUT2D eigenvalue weighted by molar-refractivity contribution is 5.13. The number of rotatable bonds is 1. The molecule has 1 aromatic carbocycles. The highest BCUT2D eigenvalue weighted by Crippen LogP contribution is 1.96. The zero-order valence-corrected chi connectivity index (χ0v) is 13.8. The van der Waals surface area contributed by atoms with Crippen molar-refractivity contribution in [1.82, 2.24) is 0 Å². The van der Waals surface area contributed by atoms with E-state index in [1.165, 1.54) is 12.0 Å². The average molecular weight is 240 g/mol. The van der Waals surface area contributed by atoms with E-state index >= 15 is 0 Å². The van der Waals surface area contributed by atoms with E-state index in [4.69, 9.17) is 0 Å². The van der Waals surface area contributed by atoms with Crippen molar-refractivity contribution in [2.75, 3.05) is 0 Å². The van der Waals surface area contributed by atoms with Gasteiger partial charge in [0.25, 0.3) is 0 Å². The van der Waals surface area contributed by atoms with Crippen LogP contribution in [0.2, 0.25) is 0 Å². The molecule has 0 fully saturated rings. The van der Waals surface area contributed by atoms with Crippen molar-refractivity contribution in [2.45, 2.75) is 75.2 Å². The number of aryl methyl sites for hydroxylation is 1. The molecule has 0 aromatic heterocycles. The Labute approximate surface area is 111 Å². The zero-order valence-electron chi connectivity index (χ0n) is 13.8. The van der Waals surface area contributed by atoms with Crippen molar-refractivity contribution >= 4 is 0 Å². The molecule has 0 aliphatic rings. The molecular weight excluding hydrogens is 204 g/mol. The van der Waals surface area contributed by atoms with Gasteiger partial charge in [-0.1, -0.05) is 99.1 Å². The molecule has 1 aromatic rings. The molecule has 0 N–H and O–H groups in total. The summed E-state index contributed by atoms with van der Waals surface area (Å²) in [6.07, 6.45) is 2.39. The molecule has 0 unspecified atom stereocenters. The molecule has 0 spiro atoms. The maximum absolute atomic E-state index is 2.16. The van der Waals surface area contributed by atoms with Crippen molar-refractivity contribution in [3.63, 3.8) is 0 Å². The first kappa shape index (κ1) is 25.2. The van der Waals surface area contributed by atoms with Gasteiger partial charge in [-0.2, -0.15) is 0 Å². The van der Waals surface area contributed by atoms with Crippen LogP contribution in [0.25, 0.3) is 0 Å². The Morgan fingerprint density at radius 1 is 0.647 bits per heavy atom.